The van der Waals surface area contributed by atoms with Gasteiger partial charge >= 0.3 is 0 Å². The fourth-order valence-electron chi connectivity index (χ4n) is 4.40. The molecule has 0 amide bonds. The number of fused-ring (bicyclic) bond motifs is 1. The molecular weight excluding hydrogens is 458 g/mol. The highest BCUT2D eigenvalue weighted by molar-refractivity contribution is 6.09. The van der Waals surface area contributed by atoms with Gasteiger partial charge in [0.1, 0.15) is 5.82 Å². The second-order valence-corrected chi connectivity index (χ2v) is 8.93. The quantitative estimate of drug-likeness (QED) is 0.250. The van der Waals surface area contributed by atoms with Crippen LogP contribution in [0.3, 0.4) is 0 Å². The van der Waals surface area contributed by atoms with E-state index in [0.29, 0.717) is 13.2 Å². The maximum Gasteiger partial charge on any atom is 0.158 e. The third-order valence-corrected chi connectivity index (χ3v) is 6.27. The Labute approximate surface area is 220 Å². The van der Waals surface area contributed by atoms with Crippen molar-refractivity contribution in [2.24, 2.45) is 4.99 Å². The van der Waals surface area contributed by atoms with E-state index in [-0.39, 0.29) is 0 Å². The molecule has 0 aliphatic carbocycles. The van der Waals surface area contributed by atoms with Crippen LogP contribution in [0.5, 0.6) is 0 Å². The lowest BCUT2D eigenvalue weighted by Gasteiger charge is -2.29. The Kier molecular flexibility index (Phi) is 9.22. The number of rotatable bonds is 9. The highest BCUT2D eigenvalue weighted by Crippen LogP contribution is 2.28. The average molecular weight is 496 g/mol. The number of morpholine rings is 1. The molecule has 0 atom stereocenters. The summed E-state index contributed by atoms with van der Waals surface area (Å²) in [7, 11) is 1.82. The molecule has 1 saturated heterocycles. The second-order valence-electron chi connectivity index (χ2n) is 8.93. The molecule has 0 bridgehead atoms. The van der Waals surface area contributed by atoms with Crippen LogP contribution in [0.2, 0.25) is 0 Å². The van der Waals surface area contributed by atoms with Gasteiger partial charge in [0.2, 0.25) is 0 Å². The minimum absolute atomic E-state index is 0.703. The van der Waals surface area contributed by atoms with E-state index in [0.717, 1.165) is 71.2 Å². The van der Waals surface area contributed by atoms with E-state index in [2.05, 4.69) is 77.5 Å². The smallest absolute Gasteiger partial charge is 0.158 e. The van der Waals surface area contributed by atoms with Gasteiger partial charge in [0, 0.05) is 49.0 Å². The van der Waals surface area contributed by atoms with Gasteiger partial charge in [0.15, 0.2) is 5.65 Å². The van der Waals surface area contributed by atoms with Gasteiger partial charge in [0.05, 0.1) is 30.3 Å². The first-order chi connectivity index (χ1) is 18.2. The van der Waals surface area contributed by atoms with E-state index >= 15 is 0 Å². The fraction of sp³-hybridized carbons (Fsp3) is 0.323. The van der Waals surface area contributed by atoms with Crippen LogP contribution in [0.15, 0.2) is 83.9 Å². The molecule has 1 aliphatic heterocycles. The number of ether oxygens (including phenoxy) is 1. The Balaban J connectivity index is 1.84. The van der Waals surface area contributed by atoms with Crippen molar-refractivity contribution >= 4 is 22.7 Å². The van der Waals surface area contributed by atoms with Gasteiger partial charge in [-0.3, -0.25) is 4.99 Å². The number of aliphatic imine (C=N–C) groups is 1. The number of aromatic nitrogens is 3. The van der Waals surface area contributed by atoms with Crippen molar-refractivity contribution in [1.29, 1.82) is 0 Å². The largest absolute Gasteiger partial charge is 0.378 e. The highest BCUT2D eigenvalue weighted by Gasteiger charge is 2.19. The normalized spacial score (nSPS) is 15.7. The standard InChI is InChI=1S/C31H37N5O/c1-5-8-9-10-14-24(12-6-2)29-22-30-33-28(23-31(36(30)34-29)35-17-19-37-20-18-35)26-16-11-15-25(21-26)27(32-4)13-7-3/h6-7,9-16,21-23H,5,8,17-20H2,1-4H3/b10-9+,12-6-,13-7-,24-14+,32-27+. The molecule has 0 unspecified atom stereocenters. The van der Waals surface area contributed by atoms with Crippen LogP contribution in [-0.4, -0.2) is 53.7 Å². The van der Waals surface area contributed by atoms with E-state index in [1.807, 2.05) is 43.6 Å². The summed E-state index contributed by atoms with van der Waals surface area (Å²) in [5.74, 6) is 1.03. The van der Waals surface area contributed by atoms with Crippen molar-refractivity contribution in [2.45, 2.75) is 33.6 Å². The maximum absolute atomic E-state index is 5.63. The van der Waals surface area contributed by atoms with Crippen LogP contribution in [0.25, 0.3) is 22.5 Å². The lowest BCUT2D eigenvalue weighted by atomic mass is 10.0. The molecule has 0 radical (unpaired) electrons. The van der Waals surface area contributed by atoms with Crippen LogP contribution < -0.4 is 4.90 Å². The van der Waals surface area contributed by atoms with E-state index in [1.54, 1.807) is 0 Å². The Morgan fingerprint density at radius 2 is 1.89 bits per heavy atom. The van der Waals surface area contributed by atoms with Crippen molar-refractivity contribution in [3.05, 3.63) is 90.2 Å². The van der Waals surface area contributed by atoms with Crippen molar-refractivity contribution in [3.63, 3.8) is 0 Å². The first-order valence-corrected chi connectivity index (χ1v) is 13.1. The maximum atomic E-state index is 5.63. The van der Waals surface area contributed by atoms with Crippen molar-refractivity contribution < 1.29 is 4.74 Å². The van der Waals surface area contributed by atoms with Crippen molar-refractivity contribution in [1.82, 2.24) is 14.6 Å². The number of nitrogens with zero attached hydrogens (tertiary/aromatic N) is 5. The molecule has 37 heavy (non-hydrogen) atoms. The molecule has 0 spiro atoms. The van der Waals surface area contributed by atoms with Crippen LogP contribution in [0, 0.1) is 0 Å². The summed E-state index contributed by atoms with van der Waals surface area (Å²) in [5, 5.41) is 5.01. The Bertz CT molecular complexity index is 1350. The topological polar surface area (TPSA) is 55.0 Å². The molecule has 0 N–H and O–H groups in total. The zero-order valence-electron chi connectivity index (χ0n) is 22.4. The number of allylic oxidation sites excluding steroid dienone is 8. The van der Waals surface area contributed by atoms with Crippen LogP contribution in [-0.2, 0) is 4.74 Å². The molecular formula is C31H37N5O. The van der Waals surface area contributed by atoms with Crippen LogP contribution >= 0.6 is 0 Å². The molecule has 6 nitrogen and oxygen atoms in total. The van der Waals surface area contributed by atoms with Gasteiger partial charge in [-0.2, -0.15) is 9.61 Å². The number of benzene rings is 1. The fourth-order valence-corrected chi connectivity index (χ4v) is 4.40. The molecule has 4 rings (SSSR count). The van der Waals surface area contributed by atoms with Gasteiger partial charge in [0.25, 0.3) is 0 Å². The molecule has 192 valence electrons. The van der Waals surface area contributed by atoms with Gasteiger partial charge in [-0.25, -0.2) is 4.98 Å². The van der Waals surface area contributed by atoms with Gasteiger partial charge < -0.3 is 9.64 Å². The van der Waals surface area contributed by atoms with E-state index < -0.39 is 0 Å². The first kappa shape index (κ1) is 26.3. The molecule has 1 aromatic carbocycles. The highest BCUT2D eigenvalue weighted by atomic mass is 16.5. The zero-order valence-corrected chi connectivity index (χ0v) is 22.4. The monoisotopic (exact) mass is 495 g/mol. The minimum atomic E-state index is 0.703. The predicted molar refractivity (Wildman–Crippen MR) is 156 cm³/mol. The number of hydrogen-bond acceptors (Lipinski definition) is 5. The SMILES string of the molecule is C\C=C/C(=C\C=C\CCC)c1cc2nc(-c3cccc(C(/C=C\C)=N/C)c3)cc(N3CCOCC3)n2n1. The molecule has 3 aromatic rings. The first-order valence-electron chi connectivity index (χ1n) is 13.1. The summed E-state index contributed by atoms with van der Waals surface area (Å²) in [5.41, 5.74) is 6.77. The summed E-state index contributed by atoms with van der Waals surface area (Å²) < 4.78 is 7.60. The van der Waals surface area contributed by atoms with E-state index in [4.69, 9.17) is 14.8 Å². The Morgan fingerprint density at radius 1 is 1.08 bits per heavy atom. The number of unbranched alkanes of at least 4 members (excludes halogenated alkanes) is 1. The third kappa shape index (κ3) is 6.33. The lowest BCUT2D eigenvalue weighted by Crippen LogP contribution is -2.37. The van der Waals surface area contributed by atoms with Crippen molar-refractivity contribution in [3.8, 4) is 11.3 Å². The molecule has 6 heteroatoms. The lowest BCUT2D eigenvalue weighted by molar-refractivity contribution is 0.122. The van der Waals surface area contributed by atoms with E-state index in [1.165, 1.54) is 0 Å². The minimum Gasteiger partial charge on any atom is -0.378 e. The van der Waals surface area contributed by atoms with Crippen molar-refractivity contribution in [2.75, 3.05) is 38.3 Å². The average Bonchev–Trinajstić information content (AvgIpc) is 3.37. The Hall–Kier alpha value is -3.77. The number of hydrogen-bond donors (Lipinski definition) is 0. The summed E-state index contributed by atoms with van der Waals surface area (Å²) >= 11 is 0. The Morgan fingerprint density at radius 3 is 2.62 bits per heavy atom. The van der Waals surface area contributed by atoms with Crippen LogP contribution in [0.1, 0.15) is 44.9 Å². The van der Waals surface area contributed by atoms with E-state index in [9.17, 15) is 0 Å². The summed E-state index contributed by atoms with van der Waals surface area (Å²) in [6, 6.07) is 12.6. The molecule has 1 aliphatic rings. The summed E-state index contributed by atoms with van der Waals surface area (Å²) in [4.78, 5) is 11.9. The van der Waals surface area contributed by atoms with Gasteiger partial charge in [-0.15, -0.1) is 0 Å². The third-order valence-electron chi connectivity index (χ3n) is 6.27. The molecule has 2 aromatic heterocycles. The van der Waals surface area contributed by atoms with Gasteiger partial charge in [-0.1, -0.05) is 68.0 Å². The second kappa shape index (κ2) is 13.0. The molecule has 3 heterocycles. The van der Waals surface area contributed by atoms with Gasteiger partial charge in [-0.05, 0) is 32.4 Å². The van der Waals surface area contributed by atoms with Crippen LogP contribution in [0.4, 0.5) is 5.82 Å². The zero-order chi connectivity index (χ0) is 26.0. The predicted octanol–water partition coefficient (Wildman–Crippen LogP) is 6.54. The number of anilines is 1. The molecule has 1 fully saturated rings. The summed E-state index contributed by atoms with van der Waals surface area (Å²) in [6.45, 7) is 9.27. The molecule has 0 saturated carbocycles. The summed E-state index contributed by atoms with van der Waals surface area (Å²) in [6.07, 6.45) is 16.8.